The quantitative estimate of drug-likeness (QED) is 0.0433. The normalized spacial score (nSPS) is 17.0. The summed E-state index contributed by atoms with van der Waals surface area (Å²) < 4.78 is 11.5. The molecule has 0 saturated heterocycles. The topological polar surface area (TPSA) is 268 Å². The monoisotopic (exact) mass is 705 g/mol. The predicted octanol–water partition coefficient (Wildman–Crippen LogP) is 3.59. The van der Waals surface area contributed by atoms with E-state index in [1.165, 1.54) is 0 Å². The van der Waals surface area contributed by atoms with E-state index in [0.717, 1.165) is 38.5 Å². The van der Waals surface area contributed by atoms with Gasteiger partial charge in [-0.25, -0.2) is 0 Å². The fourth-order valence-corrected chi connectivity index (χ4v) is 5.58. The maximum atomic E-state index is 13.0. The van der Waals surface area contributed by atoms with Gasteiger partial charge in [-0.05, 0) is 38.0 Å². The van der Waals surface area contributed by atoms with Gasteiger partial charge in [-0.15, -0.1) is 0 Å². The standard InChI is InChI=1S/C34H59NO14/c1-5-6-12-21(3)32(49-31(43)18-24(34(46)47)16-29(40)41)27(48-30(42)17-23(33(44)45)15-28(38)39)14-20(2)11-9-7-8-10-13-25(36)19-26(37)22(4)35/h20-27,32,36-37H,5-19,35H2,1-4H3,(H,38,39)(H,40,41)(H,44,45)(H,46,47)/t20-,21-,22+,23+,24-,25-,26-,27+,32-/m0/s1. The van der Waals surface area contributed by atoms with Crippen molar-refractivity contribution in [3.05, 3.63) is 0 Å². The molecule has 0 saturated carbocycles. The van der Waals surface area contributed by atoms with Gasteiger partial charge in [0, 0.05) is 12.5 Å². The summed E-state index contributed by atoms with van der Waals surface area (Å²) in [5.74, 6) is -11.3. The number of rotatable bonds is 29. The number of carboxylic acid groups (broad SMARTS) is 4. The zero-order valence-electron chi connectivity index (χ0n) is 29.3. The highest BCUT2D eigenvalue weighted by Crippen LogP contribution is 2.29. The van der Waals surface area contributed by atoms with Crippen LogP contribution in [0.3, 0.4) is 0 Å². The first-order valence-corrected chi connectivity index (χ1v) is 17.3. The number of aliphatic hydroxyl groups is 2. The molecule has 0 bridgehead atoms. The molecule has 0 radical (unpaired) electrons. The number of hydrogen-bond acceptors (Lipinski definition) is 11. The van der Waals surface area contributed by atoms with Gasteiger partial charge in [0.25, 0.3) is 0 Å². The molecule has 9 atom stereocenters. The molecule has 0 rings (SSSR count). The van der Waals surface area contributed by atoms with Crippen LogP contribution in [0.15, 0.2) is 0 Å². The lowest BCUT2D eigenvalue weighted by Gasteiger charge is -2.33. The third-order valence-corrected chi connectivity index (χ3v) is 8.60. The SMILES string of the molecule is CCCC[C@H](C)[C@H](OC(=O)C[C@H](CC(=O)O)C(=O)O)[C@@H](C[C@@H](C)CCCCCC[C@H](O)C[C@H](O)[C@@H](C)N)OC(=O)C[C@@H](CC(=O)O)C(=O)O. The highest BCUT2D eigenvalue weighted by molar-refractivity contribution is 5.83. The fourth-order valence-electron chi connectivity index (χ4n) is 5.58. The van der Waals surface area contributed by atoms with Crippen molar-refractivity contribution in [2.24, 2.45) is 29.4 Å². The Balaban J connectivity index is 5.84. The van der Waals surface area contributed by atoms with E-state index in [4.69, 9.17) is 25.4 Å². The number of ether oxygens (including phenoxy) is 2. The number of nitrogens with two attached hydrogens (primary N) is 1. The minimum Gasteiger partial charge on any atom is -0.481 e. The number of esters is 2. The summed E-state index contributed by atoms with van der Waals surface area (Å²) in [5.41, 5.74) is 5.64. The molecule has 0 heterocycles. The van der Waals surface area contributed by atoms with Crippen molar-refractivity contribution in [1.82, 2.24) is 0 Å². The maximum absolute atomic E-state index is 13.0. The number of hydrogen-bond donors (Lipinski definition) is 7. The van der Waals surface area contributed by atoms with Crippen LogP contribution in [-0.2, 0) is 38.2 Å². The first-order chi connectivity index (χ1) is 22.9. The minimum absolute atomic E-state index is 0.0859. The summed E-state index contributed by atoms with van der Waals surface area (Å²) in [5, 5.41) is 57.0. The number of aliphatic carboxylic acids is 4. The molecule has 0 aromatic carbocycles. The second-order valence-electron chi connectivity index (χ2n) is 13.4. The van der Waals surface area contributed by atoms with Gasteiger partial charge in [0.15, 0.2) is 0 Å². The van der Waals surface area contributed by atoms with Crippen molar-refractivity contribution < 1.29 is 68.9 Å². The van der Waals surface area contributed by atoms with Crippen LogP contribution in [0.1, 0.15) is 124 Å². The molecule has 0 spiro atoms. The van der Waals surface area contributed by atoms with E-state index >= 15 is 0 Å². The summed E-state index contributed by atoms with van der Waals surface area (Å²) in [6.07, 6.45) is 0.203. The van der Waals surface area contributed by atoms with E-state index in [2.05, 4.69) is 0 Å². The summed E-state index contributed by atoms with van der Waals surface area (Å²) in [6, 6.07) is -0.432. The number of aliphatic hydroxyl groups excluding tert-OH is 2. The number of unbranched alkanes of at least 4 members (excludes halogenated alkanes) is 4. The van der Waals surface area contributed by atoms with Crippen LogP contribution in [0.2, 0.25) is 0 Å². The largest absolute Gasteiger partial charge is 0.481 e. The fraction of sp³-hybridized carbons (Fsp3) is 0.824. The van der Waals surface area contributed by atoms with Gasteiger partial charge in [0.05, 0.1) is 49.7 Å². The van der Waals surface area contributed by atoms with Crippen molar-refractivity contribution in [3.63, 3.8) is 0 Å². The average molecular weight is 706 g/mol. The van der Waals surface area contributed by atoms with Gasteiger partial charge in [-0.2, -0.15) is 0 Å². The number of carbonyl (C=O) groups is 6. The molecule has 0 aliphatic rings. The van der Waals surface area contributed by atoms with Crippen LogP contribution in [-0.4, -0.2) is 96.9 Å². The molecule has 0 fully saturated rings. The Labute approximate surface area is 288 Å². The van der Waals surface area contributed by atoms with Crippen LogP contribution >= 0.6 is 0 Å². The van der Waals surface area contributed by atoms with Crippen LogP contribution < -0.4 is 5.73 Å². The Kier molecular flexibility index (Phi) is 23.1. The van der Waals surface area contributed by atoms with E-state index in [1.807, 2.05) is 13.8 Å². The smallest absolute Gasteiger partial charge is 0.307 e. The Hall–Kier alpha value is -3.30. The zero-order chi connectivity index (χ0) is 37.7. The van der Waals surface area contributed by atoms with E-state index in [-0.39, 0.29) is 18.8 Å². The molecule has 0 aromatic rings. The van der Waals surface area contributed by atoms with Gasteiger partial charge in [-0.1, -0.05) is 65.7 Å². The molecule has 0 unspecified atom stereocenters. The highest BCUT2D eigenvalue weighted by atomic mass is 16.6. The van der Waals surface area contributed by atoms with Crippen molar-refractivity contribution in [1.29, 1.82) is 0 Å². The van der Waals surface area contributed by atoms with Crippen LogP contribution in [0, 0.1) is 23.7 Å². The first kappa shape index (κ1) is 45.7. The number of carboxylic acids is 4. The molecule has 15 nitrogen and oxygen atoms in total. The Morgan fingerprint density at radius 3 is 1.57 bits per heavy atom. The maximum Gasteiger partial charge on any atom is 0.307 e. The molecule has 49 heavy (non-hydrogen) atoms. The Bertz CT molecular complexity index is 1030. The van der Waals surface area contributed by atoms with Gasteiger partial charge in [0.1, 0.15) is 12.2 Å². The molecule has 8 N–H and O–H groups in total. The van der Waals surface area contributed by atoms with Crippen molar-refractivity contribution >= 4 is 35.8 Å². The summed E-state index contributed by atoms with van der Waals surface area (Å²) in [6.45, 7) is 7.31. The first-order valence-electron chi connectivity index (χ1n) is 17.3. The Morgan fingerprint density at radius 2 is 1.12 bits per heavy atom. The van der Waals surface area contributed by atoms with E-state index < -0.39 is 110 Å². The average Bonchev–Trinajstić information content (AvgIpc) is 2.98. The minimum atomic E-state index is -1.55. The third-order valence-electron chi connectivity index (χ3n) is 8.60. The summed E-state index contributed by atoms with van der Waals surface area (Å²) in [7, 11) is 0. The molecule has 0 amide bonds. The lowest BCUT2D eigenvalue weighted by atomic mass is 9.87. The van der Waals surface area contributed by atoms with Crippen LogP contribution in [0.5, 0.6) is 0 Å². The highest BCUT2D eigenvalue weighted by Gasteiger charge is 2.37. The molecular formula is C34H59NO14. The van der Waals surface area contributed by atoms with Crippen LogP contribution in [0.25, 0.3) is 0 Å². The van der Waals surface area contributed by atoms with Crippen molar-refractivity contribution in [2.75, 3.05) is 0 Å². The zero-order valence-corrected chi connectivity index (χ0v) is 29.3. The van der Waals surface area contributed by atoms with Gasteiger partial charge >= 0.3 is 35.8 Å². The summed E-state index contributed by atoms with van der Waals surface area (Å²) in [4.78, 5) is 71.6. The molecule has 0 aromatic heterocycles. The lowest BCUT2D eigenvalue weighted by molar-refractivity contribution is -0.177. The predicted molar refractivity (Wildman–Crippen MR) is 176 cm³/mol. The molecule has 15 heteroatoms. The number of carbonyl (C=O) groups excluding carboxylic acids is 2. The van der Waals surface area contributed by atoms with Gasteiger partial charge < -0.3 is 45.8 Å². The van der Waals surface area contributed by atoms with E-state index in [1.54, 1.807) is 13.8 Å². The molecule has 0 aliphatic carbocycles. The van der Waals surface area contributed by atoms with Crippen molar-refractivity contribution in [3.8, 4) is 0 Å². The van der Waals surface area contributed by atoms with Gasteiger partial charge in [-0.3, -0.25) is 28.8 Å². The van der Waals surface area contributed by atoms with Crippen LogP contribution in [0.4, 0.5) is 0 Å². The lowest BCUT2D eigenvalue weighted by Crippen LogP contribution is -2.42. The second kappa shape index (κ2) is 24.8. The Morgan fingerprint density at radius 1 is 0.633 bits per heavy atom. The van der Waals surface area contributed by atoms with Crippen molar-refractivity contribution in [2.45, 2.75) is 154 Å². The van der Waals surface area contributed by atoms with E-state index in [9.17, 15) is 49.2 Å². The molecular weight excluding hydrogens is 646 g/mol. The van der Waals surface area contributed by atoms with E-state index in [0.29, 0.717) is 19.3 Å². The third kappa shape index (κ3) is 21.4. The second-order valence-corrected chi connectivity index (χ2v) is 13.4. The summed E-state index contributed by atoms with van der Waals surface area (Å²) >= 11 is 0. The molecule has 284 valence electrons. The van der Waals surface area contributed by atoms with Gasteiger partial charge in [0.2, 0.25) is 0 Å². The molecule has 0 aliphatic heterocycles.